The van der Waals surface area contributed by atoms with Crippen LogP contribution in [0.5, 0.6) is 0 Å². The van der Waals surface area contributed by atoms with E-state index in [0.717, 1.165) is 72.8 Å². The van der Waals surface area contributed by atoms with E-state index < -0.39 is 60.4 Å². The minimum atomic E-state index is -2.10. The fraction of sp³-hybridized carbons (Fsp3) is 0.833. The zero-order valence-corrected chi connectivity index (χ0v) is 44.1. The molecule has 0 bridgehead atoms. The summed E-state index contributed by atoms with van der Waals surface area (Å²) in [6, 6.07) is 9.36. The topological polar surface area (TPSA) is 113 Å². The number of hydrogen-bond acceptors (Lipinski definition) is 9. The Morgan fingerprint density at radius 2 is 1.47 bits per heavy atom. The Bertz CT molecular complexity index is 1380. The molecule has 0 radical (unpaired) electrons. The number of rotatable bonds is 24. The summed E-state index contributed by atoms with van der Waals surface area (Å²) >= 11 is 0. The number of carbonyl (C=O) groups is 2. The van der Waals surface area contributed by atoms with Gasteiger partial charge in [-0.05, 0) is 106 Å². The van der Waals surface area contributed by atoms with Crippen LogP contribution in [0.15, 0.2) is 36.0 Å². The molecule has 0 aromatic rings. The smallest absolute Gasteiger partial charge is 0.308 e. The Morgan fingerprint density at radius 3 is 1.97 bits per heavy atom. The Balaban J connectivity index is 2.52. The molecule has 1 saturated heterocycles. The fourth-order valence-electron chi connectivity index (χ4n) is 9.45. The molecular formula is C48H90O9Si3. The first-order valence-electron chi connectivity index (χ1n) is 24.0. The Kier molecular flexibility index (Phi) is 22.5. The first kappa shape index (κ1) is 54.7. The van der Waals surface area contributed by atoms with Crippen LogP contribution in [0, 0.1) is 11.8 Å². The number of epoxide rings is 1. The van der Waals surface area contributed by atoms with Crippen molar-refractivity contribution >= 4 is 36.9 Å². The van der Waals surface area contributed by atoms with Crippen molar-refractivity contribution in [3.63, 3.8) is 0 Å². The van der Waals surface area contributed by atoms with E-state index in [9.17, 15) is 14.7 Å². The van der Waals surface area contributed by atoms with E-state index in [0.29, 0.717) is 18.8 Å². The van der Waals surface area contributed by atoms with Gasteiger partial charge in [-0.15, -0.1) is 0 Å². The molecule has 9 nitrogen and oxygen atoms in total. The van der Waals surface area contributed by atoms with Crippen molar-refractivity contribution in [3.8, 4) is 0 Å². The number of aliphatic hydroxyl groups is 1. The average Bonchev–Trinajstić information content (AvgIpc) is 3.99. The SMILES string of the molecule is CCC(O[Si](CC)(CC)CC)[C@@H](C)[C@H]1O[C@@H]1C[C@](C)(/C=C/C=C(\C)[C@H]1OC(=O)CC(O[Si](CC)(CC)CC)CC[C@@](C)(O)[C@@H](OC(C)=O)/C=C/[C@@H]1C)O[Si](CC)(CC)CC. The Labute approximate surface area is 370 Å². The summed E-state index contributed by atoms with van der Waals surface area (Å²) in [7, 11) is -5.90. The number of hydrogen-bond donors (Lipinski definition) is 1. The van der Waals surface area contributed by atoms with E-state index in [2.05, 4.69) is 95.2 Å². The zero-order valence-electron chi connectivity index (χ0n) is 41.1. The van der Waals surface area contributed by atoms with E-state index in [1.54, 1.807) is 13.0 Å². The molecule has 0 aromatic heterocycles. The molecule has 60 heavy (non-hydrogen) atoms. The number of esters is 2. The van der Waals surface area contributed by atoms with Crippen molar-refractivity contribution in [2.75, 3.05) is 0 Å². The summed E-state index contributed by atoms with van der Waals surface area (Å²) in [5.41, 5.74) is -1.04. The molecule has 2 unspecified atom stereocenters. The van der Waals surface area contributed by atoms with Crippen LogP contribution >= 0.6 is 0 Å². The lowest BCUT2D eigenvalue weighted by atomic mass is 9.88. The van der Waals surface area contributed by atoms with Gasteiger partial charge in [0.1, 0.15) is 17.8 Å². The van der Waals surface area contributed by atoms with E-state index in [4.69, 9.17) is 27.5 Å². The summed E-state index contributed by atoms with van der Waals surface area (Å²) in [5, 5.41) is 11.7. The standard InChI is InChI=1S/C48H90O9Si3/c1-17-41(56-59(21-5,22-6)23-7)38(13)46-42(53-46)35-47(15,57-60(24-8,25-9)26-10)32-27-28-36(11)45-37(12)29-30-43(52-39(14)49)48(16,51)33-31-40(34-44(50)54-45)55-58(18-2,19-3)20-4/h27-30,32,37-38,40-43,45-46,51H,17-26,31,33-35H2,1-16H3/b30-29+,32-27+,36-28+/t37-,38+,40?,41?,42+,43-,45+,46+,47-,48+/m0/s1. The van der Waals surface area contributed by atoms with Gasteiger partial charge in [-0.3, -0.25) is 9.59 Å². The van der Waals surface area contributed by atoms with Crippen molar-refractivity contribution < 1.29 is 42.2 Å². The molecule has 0 aromatic carbocycles. The third-order valence-corrected chi connectivity index (χ3v) is 28.8. The molecule has 2 rings (SSSR count). The summed E-state index contributed by atoms with van der Waals surface area (Å²) in [6.45, 7) is 34.0. The average molecular weight is 895 g/mol. The van der Waals surface area contributed by atoms with Gasteiger partial charge < -0.3 is 32.6 Å². The molecule has 2 aliphatic heterocycles. The fourth-order valence-corrected chi connectivity index (χ4v) is 18.5. The van der Waals surface area contributed by atoms with Crippen LogP contribution in [-0.4, -0.2) is 89.8 Å². The molecule has 2 aliphatic rings. The van der Waals surface area contributed by atoms with Gasteiger partial charge >= 0.3 is 11.9 Å². The van der Waals surface area contributed by atoms with Crippen LogP contribution in [0.25, 0.3) is 0 Å². The van der Waals surface area contributed by atoms with Gasteiger partial charge in [0, 0.05) is 31.3 Å². The van der Waals surface area contributed by atoms with Crippen molar-refractivity contribution in [2.24, 2.45) is 11.8 Å². The van der Waals surface area contributed by atoms with Crippen LogP contribution < -0.4 is 0 Å². The molecule has 1 N–H and O–H groups in total. The van der Waals surface area contributed by atoms with Gasteiger partial charge in [0.2, 0.25) is 0 Å². The second kappa shape index (κ2) is 24.6. The van der Waals surface area contributed by atoms with Crippen LogP contribution in [0.4, 0.5) is 0 Å². The second-order valence-corrected chi connectivity index (χ2v) is 32.8. The first-order chi connectivity index (χ1) is 28.2. The quantitative estimate of drug-likeness (QED) is 0.0333. The first-order valence-corrected chi connectivity index (χ1v) is 31.6. The normalized spacial score (nSPS) is 28.9. The van der Waals surface area contributed by atoms with Crippen molar-refractivity contribution in [3.05, 3.63) is 36.0 Å². The van der Waals surface area contributed by atoms with Crippen molar-refractivity contribution in [2.45, 2.75) is 245 Å². The third kappa shape index (κ3) is 15.4. The molecular weight excluding hydrogens is 805 g/mol. The van der Waals surface area contributed by atoms with E-state index in [1.807, 2.05) is 26.0 Å². The molecule has 0 amide bonds. The van der Waals surface area contributed by atoms with Gasteiger partial charge in [0.25, 0.3) is 0 Å². The number of carbonyl (C=O) groups excluding carboxylic acids is 2. The van der Waals surface area contributed by atoms with Crippen molar-refractivity contribution in [1.82, 2.24) is 0 Å². The number of allylic oxidation sites excluding steroid dienone is 2. The third-order valence-electron chi connectivity index (χ3n) is 14.7. The molecule has 10 atom stereocenters. The second-order valence-electron chi connectivity index (χ2n) is 18.7. The van der Waals surface area contributed by atoms with E-state index >= 15 is 0 Å². The maximum absolute atomic E-state index is 13.9. The minimum Gasteiger partial charge on any atom is -0.457 e. The number of cyclic esters (lactones) is 1. The molecule has 348 valence electrons. The molecule has 12 heteroatoms. The predicted molar refractivity (Wildman–Crippen MR) is 255 cm³/mol. The van der Waals surface area contributed by atoms with Crippen LogP contribution in [0.3, 0.4) is 0 Å². The van der Waals surface area contributed by atoms with E-state index in [-0.39, 0.29) is 36.6 Å². The highest BCUT2D eigenvalue weighted by atomic mass is 28.4. The minimum absolute atomic E-state index is 0.0838. The summed E-state index contributed by atoms with van der Waals surface area (Å²) in [4.78, 5) is 26.1. The van der Waals surface area contributed by atoms with Crippen LogP contribution in [-0.2, 0) is 37.1 Å². The molecule has 2 heterocycles. The summed E-state index contributed by atoms with van der Waals surface area (Å²) in [5.74, 6) is -0.775. The molecule has 1 fully saturated rings. The van der Waals surface area contributed by atoms with E-state index in [1.165, 1.54) is 6.92 Å². The largest absolute Gasteiger partial charge is 0.457 e. The molecule has 0 aliphatic carbocycles. The van der Waals surface area contributed by atoms with Crippen LogP contribution in [0.1, 0.15) is 143 Å². The number of ether oxygens (including phenoxy) is 3. The maximum atomic E-state index is 13.9. The van der Waals surface area contributed by atoms with Gasteiger partial charge in [-0.2, -0.15) is 0 Å². The summed E-state index contributed by atoms with van der Waals surface area (Å²) < 4.78 is 39.8. The lowest BCUT2D eigenvalue weighted by Gasteiger charge is -2.39. The highest BCUT2D eigenvalue weighted by Crippen LogP contribution is 2.42. The van der Waals surface area contributed by atoms with Gasteiger partial charge in [-0.25, -0.2) is 0 Å². The zero-order chi connectivity index (χ0) is 45.5. The Morgan fingerprint density at radius 1 is 0.917 bits per heavy atom. The molecule has 0 saturated carbocycles. The highest BCUT2D eigenvalue weighted by Gasteiger charge is 2.51. The molecule has 0 spiro atoms. The Hall–Kier alpha value is -1.39. The van der Waals surface area contributed by atoms with Crippen molar-refractivity contribution in [1.29, 1.82) is 0 Å². The van der Waals surface area contributed by atoms with Gasteiger partial charge in [-0.1, -0.05) is 107 Å². The van der Waals surface area contributed by atoms with Gasteiger partial charge in [0.15, 0.2) is 25.0 Å². The monoisotopic (exact) mass is 895 g/mol. The van der Waals surface area contributed by atoms with Crippen LogP contribution in [0.2, 0.25) is 54.4 Å². The summed E-state index contributed by atoms with van der Waals surface area (Å²) in [6.07, 6.45) is 11.0. The van der Waals surface area contributed by atoms with Gasteiger partial charge in [0.05, 0.1) is 30.3 Å². The maximum Gasteiger partial charge on any atom is 0.308 e. The predicted octanol–water partition coefficient (Wildman–Crippen LogP) is 12.2. The highest BCUT2D eigenvalue weighted by molar-refractivity contribution is 6.74. The lowest BCUT2D eigenvalue weighted by molar-refractivity contribution is -0.157. The lowest BCUT2D eigenvalue weighted by Crippen LogP contribution is -2.46.